The Kier molecular flexibility index (Phi) is 5.30. The van der Waals surface area contributed by atoms with Crippen molar-refractivity contribution in [1.29, 1.82) is 0 Å². The van der Waals surface area contributed by atoms with Gasteiger partial charge in [-0.15, -0.1) is 0 Å². The summed E-state index contributed by atoms with van der Waals surface area (Å²) in [5.41, 5.74) is 2.15. The van der Waals surface area contributed by atoms with Crippen LogP contribution in [0.1, 0.15) is 12.5 Å². The van der Waals surface area contributed by atoms with E-state index < -0.39 is 0 Å². The quantitative estimate of drug-likeness (QED) is 0.635. The molecule has 1 heterocycles. The zero-order valence-corrected chi connectivity index (χ0v) is 12.8. The normalized spacial score (nSPS) is 18.0. The molecule has 2 N–H and O–H groups in total. The molecule has 0 saturated carbocycles. The summed E-state index contributed by atoms with van der Waals surface area (Å²) in [6.07, 6.45) is 0. The molecule has 5 nitrogen and oxygen atoms in total. The van der Waals surface area contributed by atoms with Crippen LogP contribution in [0.2, 0.25) is 0 Å². The second kappa shape index (κ2) is 7.19. The first kappa shape index (κ1) is 15.5. The lowest BCUT2D eigenvalue weighted by molar-refractivity contribution is -0.141. The fraction of sp³-hybridized carbons (Fsp3) is 0.333. The summed E-state index contributed by atoms with van der Waals surface area (Å²) < 4.78 is 10.5. The first-order valence-electron chi connectivity index (χ1n) is 6.60. The van der Waals surface area contributed by atoms with Crippen LogP contribution in [0, 0.1) is 0 Å². The zero-order valence-electron chi connectivity index (χ0n) is 12.0. The minimum absolute atomic E-state index is 0.237. The van der Waals surface area contributed by atoms with Crippen molar-refractivity contribution in [2.75, 3.05) is 13.7 Å². The van der Waals surface area contributed by atoms with Crippen molar-refractivity contribution in [2.45, 2.75) is 19.6 Å². The maximum atomic E-state index is 12.3. The molecule has 0 bridgehead atoms. The molecule has 0 amide bonds. The molecule has 112 valence electrons. The van der Waals surface area contributed by atoms with Crippen LogP contribution in [0.25, 0.3) is 0 Å². The van der Waals surface area contributed by atoms with Crippen molar-refractivity contribution in [1.82, 2.24) is 10.6 Å². The predicted molar refractivity (Wildman–Crippen MR) is 83.5 cm³/mol. The van der Waals surface area contributed by atoms with Gasteiger partial charge in [-0.25, -0.2) is 4.79 Å². The lowest BCUT2D eigenvalue weighted by atomic mass is 10.0. The Balaban J connectivity index is 2.08. The van der Waals surface area contributed by atoms with E-state index >= 15 is 0 Å². The molecule has 0 fully saturated rings. The molecular formula is C15H18N2O3S. The van der Waals surface area contributed by atoms with E-state index in [0.29, 0.717) is 23.0 Å². The third-order valence-corrected chi connectivity index (χ3v) is 3.34. The molecule has 1 atom stereocenters. The molecule has 21 heavy (non-hydrogen) atoms. The van der Waals surface area contributed by atoms with Gasteiger partial charge in [0.2, 0.25) is 0 Å². The minimum atomic E-state index is -0.374. The molecule has 1 aliphatic heterocycles. The molecule has 1 unspecified atom stereocenters. The van der Waals surface area contributed by atoms with Crippen molar-refractivity contribution in [3.63, 3.8) is 0 Å². The standard InChI is InChI=1S/C15H18N2O3S/c1-10-13(12(9-19-2)17-15(21)16-10)14(18)20-8-11-6-4-3-5-7-11/h3-7,12H,8-9H2,1-2H3,(H2,16,17,21). The summed E-state index contributed by atoms with van der Waals surface area (Å²) in [6.45, 7) is 2.38. The number of hydrogen-bond donors (Lipinski definition) is 2. The highest BCUT2D eigenvalue weighted by Gasteiger charge is 2.29. The summed E-state index contributed by atoms with van der Waals surface area (Å²) in [4.78, 5) is 12.3. The van der Waals surface area contributed by atoms with E-state index in [0.717, 1.165) is 5.56 Å². The Morgan fingerprint density at radius 2 is 2.05 bits per heavy atom. The van der Waals surface area contributed by atoms with E-state index in [2.05, 4.69) is 10.6 Å². The van der Waals surface area contributed by atoms with Crippen molar-refractivity contribution < 1.29 is 14.3 Å². The Labute approximate surface area is 129 Å². The maximum absolute atomic E-state index is 12.3. The van der Waals surface area contributed by atoms with Gasteiger partial charge in [-0.05, 0) is 24.7 Å². The number of thiocarbonyl (C=S) groups is 1. The summed E-state index contributed by atoms with van der Waals surface area (Å²) in [5, 5.41) is 6.43. The van der Waals surface area contributed by atoms with Crippen LogP contribution < -0.4 is 10.6 Å². The molecular weight excluding hydrogens is 288 g/mol. The third kappa shape index (κ3) is 4.03. The SMILES string of the molecule is COCC1NC(=S)NC(C)=C1C(=O)OCc1ccccc1. The minimum Gasteiger partial charge on any atom is -0.457 e. The summed E-state index contributed by atoms with van der Waals surface area (Å²) >= 11 is 5.09. The van der Waals surface area contributed by atoms with Gasteiger partial charge >= 0.3 is 5.97 Å². The molecule has 1 aromatic rings. The van der Waals surface area contributed by atoms with Gasteiger partial charge in [0.1, 0.15) is 6.61 Å². The van der Waals surface area contributed by atoms with Crippen molar-refractivity contribution in [2.24, 2.45) is 0 Å². The van der Waals surface area contributed by atoms with Crippen LogP contribution in [0.3, 0.4) is 0 Å². The van der Waals surface area contributed by atoms with E-state index in [-0.39, 0.29) is 18.6 Å². The Morgan fingerprint density at radius 1 is 1.33 bits per heavy atom. The highest BCUT2D eigenvalue weighted by molar-refractivity contribution is 7.80. The van der Waals surface area contributed by atoms with E-state index in [1.807, 2.05) is 30.3 Å². The molecule has 0 aromatic heterocycles. The smallest absolute Gasteiger partial charge is 0.338 e. The highest BCUT2D eigenvalue weighted by atomic mass is 32.1. The van der Waals surface area contributed by atoms with Crippen LogP contribution in [0.15, 0.2) is 41.6 Å². The molecule has 6 heteroatoms. The molecule has 0 saturated heterocycles. The third-order valence-electron chi connectivity index (χ3n) is 3.12. The first-order chi connectivity index (χ1) is 10.1. The Morgan fingerprint density at radius 3 is 2.71 bits per heavy atom. The van der Waals surface area contributed by atoms with Gasteiger partial charge in [-0.1, -0.05) is 30.3 Å². The number of carbonyl (C=O) groups excluding carboxylic acids is 1. The number of benzene rings is 1. The van der Waals surface area contributed by atoms with Gasteiger partial charge < -0.3 is 20.1 Å². The number of methoxy groups -OCH3 is 1. The molecule has 0 aliphatic carbocycles. The number of ether oxygens (including phenoxy) is 2. The fourth-order valence-corrected chi connectivity index (χ4v) is 2.45. The Hall–Kier alpha value is -1.92. The molecule has 1 aliphatic rings. The van der Waals surface area contributed by atoms with Gasteiger partial charge in [-0.2, -0.15) is 0 Å². The summed E-state index contributed by atoms with van der Waals surface area (Å²) in [5.74, 6) is -0.374. The fourth-order valence-electron chi connectivity index (χ4n) is 2.15. The van der Waals surface area contributed by atoms with Crippen molar-refractivity contribution in [3.8, 4) is 0 Å². The lowest BCUT2D eigenvalue weighted by Crippen LogP contribution is -2.51. The number of hydrogen-bond acceptors (Lipinski definition) is 4. The average molecular weight is 306 g/mol. The van der Waals surface area contributed by atoms with Crippen LogP contribution in [0.4, 0.5) is 0 Å². The van der Waals surface area contributed by atoms with E-state index in [4.69, 9.17) is 21.7 Å². The number of allylic oxidation sites excluding steroid dienone is 1. The van der Waals surface area contributed by atoms with E-state index in [1.165, 1.54) is 0 Å². The van der Waals surface area contributed by atoms with Crippen LogP contribution >= 0.6 is 12.2 Å². The second-order valence-electron chi connectivity index (χ2n) is 4.71. The number of carbonyl (C=O) groups is 1. The number of esters is 1. The predicted octanol–water partition coefficient (Wildman–Crippen LogP) is 1.50. The van der Waals surface area contributed by atoms with Gasteiger partial charge in [0.15, 0.2) is 5.11 Å². The highest BCUT2D eigenvalue weighted by Crippen LogP contribution is 2.15. The van der Waals surface area contributed by atoms with Gasteiger partial charge in [0.05, 0.1) is 18.2 Å². The van der Waals surface area contributed by atoms with Crippen molar-refractivity contribution in [3.05, 3.63) is 47.2 Å². The van der Waals surface area contributed by atoms with Crippen LogP contribution in [0.5, 0.6) is 0 Å². The largest absolute Gasteiger partial charge is 0.457 e. The monoisotopic (exact) mass is 306 g/mol. The second-order valence-corrected chi connectivity index (χ2v) is 5.12. The Bertz CT molecular complexity index is 557. The van der Waals surface area contributed by atoms with Gasteiger partial charge in [-0.3, -0.25) is 0 Å². The van der Waals surface area contributed by atoms with Crippen LogP contribution in [-0.4, -0.2) is 30.8 Å². The van der Waals surface area contributed by atoms with Crippen LogP contribution in [-0.2, 0) is 20.9 Å². The van der Waals surface area contributed by atoms with Crippen molar-refractivity contribution >= 4 is 23.3 Å². The lowest BCUT2D eigenvalue weighted by Gasteiger charge is -2.29. The molecule has 0 spiro atoms. The van der Waals surface area contributed by atoms with Gasteiger partial charge in [0.25, 0.3) is 0 Å². The first-order valence-corrected chi connectivity index (χ1v) is 7.01. The summed E-state index contributed by atoms with van der Waals surface area (Å²) in [7, 11) is 1.58. The molecule has 1 aromatic carbocycles. The zero-order chi connectivity index (χ0) is 15.2. The summed E-state index contributed by atoms with van der Waals surface area (Å²) in [6, 6.07) is 9.25. The average Bonchev–Trinajstić information content (AvgIpc) is 2.46. The number of nitrogens with one attached hydrogen (secondary N) is 2. The maximum Gasteiger partial charge on any atom is 0.338 e. The van der Waals surface area contributed by atoms with E-state index in [1.54, 1.807) is 14.0 Å². The van der Waals surface area contributed by atoms with Gasteiger partial charge in [0, 0.05) is 12.8 Å². The topological polar surface area (TPSA) is 59.6 Å². The molecule has 2 rings (SSSR count). The molecule has 0 radical (unpaired) electrons. The van der Waals surface area contributed by atoms with E-state index in [9.17, 15) is 4.79 Å². The number of rotatable bonds is 5.